The molecule has 0 saturated heterocycles. The Kier molecular flexibility index (Phi) is 7.97. The predicted molar refractivity (Wildman–Crippen MR) is 141 cm³/mol. The number of hydrogen-bond acceptors (Lipinski definition) is 2. The van der Waals surface area contributed by atoms with Gasteiger partial charge in [-0.3, -0.25) is 0 Å². The average molecular weight is 447 g/mol. The monoisotopic (exact) mass is 446 g/mol. The van der Waals surface area contributed by atoms with Gasteiger partial charge in [-0.05, 0) is 58.4 Å². The normalized spacial score (nSPS) is 10.5. The van der Waals surface area contributed by atoms with E-state index in [1.165, 1.54) is 11.1 Å². The van der Waals surface area contributed by atoms with Crippen molar-refractivity contribution in [3.8, 4) is 22.6 Å². The summed E-state index contributed by atoms with van der Waals surface area (Å²) in [6, 6.07) is 33.3. The molecule has 4 aromatic rings. The Morgan fingerprint density at radius 2 is 0.882 bits per heavy atom. The van der Waals surface area contributed by atoms with Crippen molar-refractivity contribution in [3.63, 3.8) is 0 Å². The molecule has 0 unspecified atom stereocenters. The van der Waals surface area contributed by atoms with Crippen LogP contribution in [-0.4, -0.2) is 0 Å². The zero-order valence-electron chi connectivity index (χ0n) is 19.5. The van der Waals surface area contributed by atoms with E-state index in [1.54, 1.807) is 0 Å². The fourth-order valence-corrected chi connectivity index (χ4v) is 3.85. The highest BCUT2D eigenvalue weighted by Crippen LogP contribution is 2.24. The van der Waals surface area contributed by atoms with E-state index in [0.717, 1.165) is 46.6 Å². The Morgan fingerprint density at radius 1 is 0.500 bits per heavy atom. The number of allylic oxidation sites excluding steroid dienone is 2. The summed E-state index contributed by atoms with van der Waals surface area (Å²) < 4.78 is 12.1. The summed E-state index contributed by atoms with van der Waals surface area (Å²) in [4.78, 5) is 0. The summed E-state index contributed by atoms with van der Waals surface area (Å²) in [5, 5.41) is 0. The summed E-state index contributed by atoms with van der Waals surface area (Å²) in [6.07, 6.45) is 5.40. The van der Waals surface area contributed by atoms with Crippen LogP contribution in [-0.2, 0) is 26.1 Å². The second kappa shape index (κ2) is 11.7. The molecule has 0 aliphatic heterocycles. The van der Waals surface area contributed by atoms with Crippen molar-refractivity contribution in [1.82, 2.24) is 0 Å². The first-order valence-electron chi connectivity index (χ1n) is 11.6. The molecule has 0 spiro atoms. The van der Waals surface area contributed by atoms with Crippen LogP contribution < -0.4 is 9.47 Å². The molecule has 2 nitrogen and oxygen atoms in total. The van der Waals surface area contributed by atoms with E-state index in [-0.39, 0.29) is 0 Å². The summed E-state index contributed by atoms with van der Waals surface area (Å²) in [5.41, 5.74) is 6.95. The van der Waals surface area contributed by atoms with Crippen LogP contribution in [0.4, 0.5) is 0 Å². The van der Waals surface area contributed by atoms with Crippen LogP contribution in [0.1, 0.15) is 22.3 Å². The minimum Gasteiger partial charge on any atom is -0.489 e. The van der Waals surface area contributed by atoms with E-state index in [2.05, 4.69) is 73.8 Å². The molecule has 2 heteroatoms. The third kappa shape index (κ3) is 6.05. The molecule has 0 radical (unpaired) electrons. The maximum absolute atomic E-state index is 6.06. The smallest absolute Gasteiger partial charge is 0.123 e. The number of ether oxygens (including phenoxy) is 2. The molecule has 170 valence electrons. The molecule has 0 amide bonds. The van der Waals surface area contributed by atoms with Crippen LogP contribution >= 0.6 is 0 Å². The van der Waals surface area contributed by atoms with Gasteiger partial charge in [0.25, 0.3) is 0 Å². The Hall–Kier alpha value is -4.04. The first-order chi connectivity index (χ1) is 16.8. The lowest BCUT2D eigenvalue weighted by molar-refractivity contribution is 0.303. The highest BCUT2D eigenvalue weighted by atomic mass is 16.5. The van der Waals surface area contributed by atoms with Gasteiger partial charge in [-0.15, -0.1) is 13.2 Å². The summed E-state index contributed by atoms with van der Waals surface area (Å²) in [7, 11) is 0. The van der Waals surface area contributed by atoms with Crippen molar-refractivity contribution in [2.24, 2.45) is 0 Å². The van der Waals surface area contributed by atoms with Gasteiger partial charge in [0.15, 0.2) is 0 Å². The third-order valence-electron chi connectivity index (χ3n) is 5.70. The van der Waals surface area contributed by atoms with Gasteiger partial charge >= 0.3 is 0 Å². The highest BCUT2D eigenvalue weighted by Gasteiger charge is 2.05. The molecule has 0 atom stereocenters. The molecule has 0 aliphatic rings. The lowest BCUT2D eigenvalue weighted by atomic mass is 10.0. The van der Waals surface area contributed by atoms with Gasteiger partial charge in [0.05, 0.1) is 0 Å². The van der Waals surface area contributed by atoms with Crippen molar-refractivity contribution in [2.75, 3.05) is 0 Å². The van der Waals surface area contributed by atoms with Crippen LogP contribution in [0.3, 0.4) is 0 Å². The fraction of sp³-hybridized carbons (Fsp3) is 0.125. The summed E-state index contributed by atoms with van der Waals surface area (Å²) in [6.45, 7) is 8.74. The largest absolute Gasteiger partial charge is 0.489 e. The standard InChI is InChI=1S/C32H30O2/c1-3-9-29-11-5-7-13-31(29)33-23-25-15-19-27(20-16-25)28-21-17-26(18-22-28)24-34-32-14-8-6-12-30(32)10-4-2/h3-8,11-22H,1-2,9-10,23-24H2. The minimum atomic E-state index is 0.540. The van der Waals surface area contributed by atoms with Crippen LogP contribution in [0.25, 0.3) is 11.1 Å². The first kappa shape index (κ1) is 23.1. The van der Waals surface area contributed by atoms with Gasteiger partial charge < -0.3 is 9.47 Å². The lowest BCUT2D eigenvalue weighted by Crippen LogP contribution is -1.98. The van der Waals surface area contributed by atoms with Gasteiger partial charge in [-0.25, -0.2) is 0 Å². The number of hydrogen-bond donors (Lipinski definition) is 0. The van der Waals surface area contributed by atoms with Crippen molar-refractivity contribution in [1.29, 1.82) is 0 Å². The molecule has 4 aromatic carbocycles. The maximum atomic E-state index is 6.06. The van der Waals surface area contributed by atoms with Gasteiger partial charge in [0, 0.05) is 0 Å². The van der Waals surface area contributed by atoms with E-state index < -0.39 is 0 Å². The zero-order chi connectivity index (χ0) is 23.6. The SMILES string of the molecule is C=CCc1ccccc1OCc1ccc(-c2ccc(COc3ccccc3CC=C)cc2)cc1. The quantitative estimate of drug-likeness (QED) is 0.218. The van der Waals surface area contributed by atoms with Crippen LogP contribution in [0, 0.1) is 0 Å². The van der Waals surface area contributed by atoms with Crippen molar-refractivity contribution < 1.29 is 9.47 Å². The average Bonchev–Trinajstić information content (AvgIpc) is 2.89. The minimum absolute atomic E-state index is 0.540. The van der Waals surface area contributed by atoms with Crippen molar-refractivity contribution >= 4 is 0 Å². The maximum Gasteiger partial charge on any atom is 0.123 e. The van der Waals surface area contributed by atoms with Crippen molar-refractivity contribution in [3.05, 3.63) is 145 Å². The summed E-state index contributed by atoms with van der Waals surface area (Å²) >= 11 is 0. The molecule has 0 saturated carbocycles. The molecule has 0 fully saturated rings. The third-order valence-corrected chi connectivity index (χ3v) is 5.70. The Labute approximate surface area is 202 Å². The second-order valence-electron chi connectivity index (χ2n) is 8.17. The number of para-hydroxylation sites is 2. The van der Waals surface area contributed by atoms with E-state index in [4.69, 9.17) is 9.47 Å². The number of benzene rings is 4. The summed E-state index contributed by atoms with van der Waals surface area (Å²) in [5.74, 6) is 1.83. The molecular formula is C32H30O2. The Morgan fingerprint density at radius 3 is 1.26 bits per heavy atom. The van der Waals surface area contributed by atoms with Crippen LogP contribution in [0.2, 0.25) is 0 Å². The molecule has 0 aromatic heterocycles. The van der Waals surface area contributed by atoms with Gasteiger partial charge in [-0.1, -0.05) is 97.1 Å². The van der Waals surface area contributed by atoms with E-state index in [1.807, 2.05) is 48.6 Å². The molecule has 4 rings (SSSR count). The van der Waals surface area contributed by atoms with E-state index in [9.17, 15) is 0 Å². The second-order valence-corrected chi connectivity index (χ2v) is 8.17. The number of rotatable bonds is 11. The van der Waals surface area contributed by atoms with Gasteiger partial charge in [-0.2, -0.15) is 0 Å². The van der Waals surface area contributed by atoms with Crippen molar-refractivity contribution in [2.45, 2.75) is 26.1 Å². The predicted octanol–water partition coefficient (Wildman–Crippen LogP) is 7.97. The first-order valence-corrected chi connectivity index (χ1v) is 11.6. The molecule has 0 heterocycles. The lowest BCUT2D eigenvalue weighted by Gasteiger charge is -2.12. The van der Waals surface area contributed by atoms with E-state index in [0.29, 0.717) is 13.2 Å². The molecular weight excluding hydrogens is 416 g/mol. The molecule has 0 aliphatic carbocycles. The van der Waals surface area contributed by atoms with Gasteiger partial charge in [0.2, 0.25) is 0 Å². The molecule has 0 N–H and O–H groups in total. The fourth-order valence-electron chi connectivity index (χ4n) is 3.85. The molecule has 0 bridgehead atoms. The van der Waals surface area contributed by atoms with Gasteiger partial charge in [0.1, 0.15) is 24.7 Å². The zero-order valence-corrected chi connectivity index (χ0v) is 19.5. The topological polar surface area (TPSA) is 18.5 Å². The Bertz CT molecular complexity index is 1120. The van der Waals surface area contributed by atoms with Crippen LogP contribution in [0.15, 0.2) is 122 Å². The highest BCUT2D eigenvalue weighted by molar-refractivity contribution is 5.64. The Balaban J connectivity index is 1.35. The van der Waals surface area contributed by atoms with E-state index >= 15 is 0 Å². The van der Waals surface area contributed by atoms with Crippen LogP contribution in [0.5, 0.6) is 11.5 Å². The molecule has 34 heavy (non-hydrogen) atoms.